The fourth-order valence-corrected chi connectivity index (χ4v) is 1.59. The van der Waals surface area contributed by atoms with Gasteiger partial charge in [0.1, 0.15) is 11.6 Å². The molecule has 0 bridgehead atoms. The van der Waals surface area contributed by atoms with Crippen LogP contribution in [0.5, 0.6) is 5.75 Å². The molecule has 0 unspecified atom stereocenters. The molecule has 5 heteroatoms. The minimum Gasteiger partial charge on any atom is -0.496 e. The van der Waals surface area contributed by atoms with Crippen LogP contribution in [-0.2, 0) is 11.4 Å². The first-order valence-corrected chi connectivity index (χ1v) is 4.77. The van der Waals surface area contributed by atoms with E-state index in [0.717, 1.165) is 0 Å². The molecule has 0 aliphatic heterocycles. The van der Waals surface area contributed by atoms with E-state index in [1.54, 1.807) is 6.92 Å². The molecule has 1 rings (SSSR count). The van der Waals surface area contributed by atoms with Crippen molar-refractivity contribution >= 4 is 11.6 Å². The van der Waals surface area contributed by atoms with E-state index in [1.807, 2.05) is 0 Å². The molecule has 0 atom stereocenters. The zero-order chi connectivity index (χ0) is 11.4. The van der Waals surface area contributed by atoms with E-state index in [0.29, 0.717) is 16.9 Å². The largest absolute Gasteiger partial charge is 0.496 e. The first kappa shape index (κ1) is 12.2. The Morgan fingerprint density at radius 3 is 2.67 bits per heavy atom. The van der Waals surface area contributed by atoms with Crippen molar-refractivity contribution in [3.05, 3.63) is 28.0 Å². The van der Waals surface area contributed by atoms with Crippen molar-refractivity contribution in [1.82, 2.24) is 5.48 Å². The summed E-state index contributed by atoms with van der Waals surface area (Å²) in [6.45, 7) is 2.05. The average Bonchev–Trinajstić information content (AvgIpc) is 2.21. The van der Waals surface area contributed by atoms with Gasteiger partial charge in [0.15, 0.2) is 0 Å². The highest BCUT2D eigenvalue weighted by molar-refractivity contribution is 6.31. The van der Waals surface area contributed by atoms with Gasteiger partial charge in [-0.05, 0) is 18.6 Å². The van der Waals surface area contributed by atoms with E-state index in [4.69, 9.17) is 21.2 Å². The summed E-state index contributed by atoms with van der Waals surface area (Å²) in [5.41, 5.74) is 3.86. The van der Waals surface area contributed by atoms with E-state index in [1.165, 1.54) is 20.3 Å². The lowest BCUT2D eigenvalue weighted by Gasteiger charge is -2.13. The van der Waals surface area contributed by atoms with Crippen molar-refractivity contribution in [2.45, 2.75) is 13.5 Å². The number of methoxy groups -OCH3 is 1. The first-order valence-electron chi connectivity index (χ1n) is 4.39. The number of nitrogens with one attached hydrogen (secondary N) is 1. The van der Waals surface area contributed by atoms with Crippen LogP contribution in [0.3, 0.4) is 0 Å². The Labute approximate surface area is 93.1 Å². The number of ether oxygens (including phenoxy) is 1. The maximum absolute atomic E-state index is 13.3. The number of benzene rings is 1. The van der Waals surface area contributed by atoms with Gasteiger partial charge in [0.05, 0.1) is 25.8 Å². The molecule has 84 valence electrons. The number of hydrogen-bond acceptors (Lipinski definition) is 3. The summed E-state index contributed by atoms with van der Waals surface area (Å²) in [6.07, 6.45) is 0. The summed E-state index contributed by atoms with van der Waals surface area (Å²) in [5, 5.41) is 0.0574. The molecule has 0 fully saturated rings. The minimum atomic E-state index is -0.456. The van der Waals surface area contributed by atoms with E-state index in [-0.39, 0.29) is 11.6 Å². The van der Waals surface area contributed by atoms with Crippen molar-refractivity contribution < 1.29 is 14.0 Å². The molecule has 0 amide bonds. The molecule has 0 radical (unpaired) electrons. The van der Waals surface area contributed by atoms with E-state index in [9.17, 15) is 4.39 Å². The van der Waals surface area contributed by atoms with Crippen LogP contribution in [0, 0.1) is 12.7 Å². The maximum Gasteiger partial charge on any atom is 0.142 e. The Balaban J connectivity index is 3.18. The molecular formula is C10H13ClFNO2. The molecule has 1 aromatic carbocycles. The number of halogens is 2. The summed E-state index contributed by atoms with van der Waals surface area (Å²) < 4.78 is 18.5. The molecular weight excluding hydrogens is 221 g/mol. The first-order chi connectivity index (χ1) is 7.11. The molecule has 3 nitrogen and oxygen atoms in total. The number of hydroxylamine groups is 1. The third-order valence-electron chi connectivity index (χ3n) is 2.05. The van der Waals surface area contributed by atoms with Crippen molar-refractivity contribution in [3.63, 3.8) is 0 Å². The second kappa shape index (κ2) is 5.30. The minimum absolute atomic E-state index is 0.0574. The van der Waals surface area contributed by atoms with E-state index in [2.05, 4.69) is 5.48 Å². The van der Waals surface area contributed by atoms with Crippen LogP contribution in [0.1, 0.15) is 11.1 Å². The average molecular weight is 234 g/mol. The normalized spacial score (nSPS) is 10.5. The van der Waals surface area contributed by atoms with Crippen LogP contribution in [0.2, 0.25) is 5.02 Å². The SMILES string of the molecule is CONCc1c(Cl)c(F)cc(C)c1OC. The van der Waals surface area contributed by atoms with Crippen LogP contribution in [0.15, 0.2) is 6.07 Å². The summed E-state index contributed by atoms with van der Waals surface area (Å²) in [6, 6.07) is 1.34. The Kier molecular flexibility index (Phi) is 4.32. The zero-order valence-corrected chi connectivity index (χ0v) is 9.61. The van der Waals surface area contributed by atoms with Crippen LogP contribution >= 0.6 is 11.6 Å². The smallest absolute Gasteiger partial charge is 0.142 e. The lowest BCUT2D eigenvalue weighted by Crippen LogP contribution is -2.13. The van der Waals surface area contributed by atoms with Crippen molar-refractivity contribution in [2.24, 2.45) is 0 Å². The highest BCUT2D eigenvalue weighted by atomic mass is 35.5. The topological polar surface area (TPSA) is 30.5 Å². The molecule has 0 saturated carbocycles. The lowest BCUT2D eigenvalue weighted by molar-refractivity contribution is 0.0860. The van der Waals surface area contributed by atoms with Gasteiger partial charge in [-0.3, -0.25) is 0 Å². The van der Waals surface area contributed by atoms with Gasteiger partial charge in [0.25, 0.3) is 0 Å². The Hall–Kier alpha value is -0.840. The van der Waals surface area contributed by atoms with Gasteiger partial charge in [-0.15, -0.1) is 0 Å². The molecule has 0 aliphatic carbocycles. The zero-order valence-electron chi connectivity index (χ0n) is 8.86. The molecule has 0 aromatic heterocycles. The van der Waals surface area contributed by atoms with E-state index >= 15 is 0 Å². The molecule has 1 N–H and O–H groups in total. The monoisotopic (exact) mass is 233 g/mol. The van der Waals surface area contributed by atoms with Crippen LogP contribution in [0.4, 0.5) is 4.39 Å². The number of aryl methyl sites for hydroxylation is 1. The third kappa shape index (κ3) is 2.59. The van der Waals surface area contributed by atoms with Crippen LogP contribution in [-0.4, -0.2) is 14.2 Å². The Morgan fingerprint density at radius 1 is 1.47 bits per heavy atom. The van der Waals surface area contributed by atoms with E-state index < -0.39 is 5.82 Å². The summed E-state index contributed by atoms with van der Waals surface area (Å²) in [4.78, 5) is 4.69. The van der Waals surface area contributed by atoms with Crippen molar-refractivity contribution in [3.8, 4) is 5.75 Å². The highest BCUT2D eigenvalue weighted by Crippen LogP contribution is 2.32. The summed E-state index contributed by atoms with van der Waals surface area (Å²) in [7, 11) is 3.00. The highest BCUT2D eigenvalue weighted by Gasteiger charge is 2.15. The molecule has 0 aliphatic rings. The maximum atomic E-state index is 13.3. The van der Waals surface area contributed by atoms with Gasteiger partial charge in [-0.25, -0.2) is 4.39 Å². The van der Waals surface area contributed by atoms with Gasteiger partial charge in [0.2, 0.25) is 0 Å². The fraction of sp³-hybridized carbons (Fsp3) is 0.400. The van der Waals surface area contributed by atoms with Crippen LogP contribution < -0.4 is 10.2 Å². The van der Waals surface area contributed by atoms with Gasteiger partial charge in [0, 0.05) is 5.56 Å². The predicted molar refractivity (Wildman–Crippen MR) is 56.5 cm³/mol. The molecule has 0 spiro atoms. The standard InChI is InChI=1S/C10H13ClFNO2/c1-6-4-8(12)9(11)7(5-13-15-3)10(6)14-2/h4,13H,5H2,1-3H3. The van der Waals surface area contributed by atoms with Crippen molar-refractivity contribution in [2.75, 3.05) is 14.2 Å². The third-order valence-corrected chi connectivity index (χ3v) is 2.46. The fourth-order valence-electron chi connectivity index (χ4n) is 1.39. The quantitative estimate of drug-likeness (QED) is 0.811. The molecule has 1 aromatic rings. The Bertz CT molecular complexity index is 358. The van der Waals surface area contributed by atoms with Crippen LogP contribution in [0.25, 0.3) is 0 Å². The van der Waals surface area contributed by atoms with Gasteiger partial charge < -0.3 is 9.57 Å². The second-order valence-corrected chi connectivity index (χ2v) is 3.40. The molecule has 0 heterocycles. The lowest BCUT2D eigenvalue weighted by atomic mass is 10.1. The number of hydrogen-bond donors (Lipinski definition) is 1. The van der Waals surface area contributed by atoms with Crippen molar-refractivity contribution in [1.29, 1.82) is 0 Å². The second-order valence-electron chi connectivity index (χ2n) is 3.03. The summed E-state index contributed by atoms with van der Waals surface area (Å²) in [5.74, 6) is 0.119. The predicted octanol–water partition coefficient (Wildman–Crippen LogP) is 2.45. The van der Waals surface area contributed by atoms with Gasteiger partial charge in [-0.2, -0.15) is 5.48 Å². The number of rotatable bonds is 4. The van der Waals surface area contributed by atoms with Gasteiger partial charge in [-0.1, -0.05) is 11.6 Å². The molecule has 0 saturated heterocycles. The summed E-state index contributed by atoms with van der Waals surface area (Å²) >= 11 is 5.83. The molecule has 15 heavy (non-hydrogen) atoms. The Morgan fingerprint density at radius 2 is 2.13 bits per heavy atom. The van der Waals surface area contributed by atoms with Gasteiger partial charge >= 0.3 is 0 Å².